The molecule has 22 heavy (non-hydrogen) atoms. The normalized spacial score (nSPS) is 10.4. The predicted octanol–water partition coefficient (Wildman–Crippen LogP) is 2.13. The van der Waals surface area contributed by atoms with Crippen molar-refractivity contribution in [2.24, 2.45) is 0 Å². The van der Waals surface area contributed by atoms with E-state index in [0.29, 0.717) is 17.3 Å². The van der Waals surface area contributed by atoms with Gasteiger partial charge in [-0.25, -0.2) is 4.98 Å². The second kappa shape index (κ2) is 6.35. The summed E-state index contributed by atoms with van der Waals surface area (Å²) >= 11 is 1.52. The molecule has 0 atom stereocenters. The molecule has 0 radical (unpaired) electrons. The van der Waals surface area contributed by atoms with Gasteiger partial charge >= 0.3 is 0 Å². The van der Waals surface area contributed by atoms with E-state index in [4.69, 9.17) is 9.26 Å². The molecule has 1 N–H and O–H groups in total. The molecule has 3 aromatic heterocycles. The Morgan fingerprint density at radius 3 is 3.09 bits per heavy atom. The van der Waals surface area contributed by atoms with Gasteiger partial charge in [-0.15, -0.1) is 11.3 Å². The van der Waals surface area contributed by atoms with Gasteiger partial charge in [0.2, 0.25) is 17.6 Å². The summed E-state index contributed by atoms with van der Waals surface area (Å²) in [5.41, 5.74) is 0.350. The van der Waals surface area contributed by atoms with Crippen LogP contribution in [0.3, 0.4) is 0 Å². The molecule has 3 rings (SSSR count). The van der Waals surface area contributed by atoms with Crippen LogP contribution in [-0.4, -0.2) is 28.1 Å². The third-order valence-electron chi connectivity index (χ3n) is 2.82. The van der Waals surface area contributed by atoms with Gasteiger partial charge in [-0.3, -0.25) is 4.79 Å². The van der Waals surface area contributed by atoms with Gasteiger partial charge in [0.1, 0.15) is 5.56 Å². The Balaban J connectivity index is 1.66. The fourth-order valence-electron chi connectivity index (χ4n) is 1.81. The summed E-state index contributed by atoms with van der Waals surface area (Å²) in [5, 5.41) is 8.51. The second-order valence-corrected chi connectivity index (χ2v) is 5.18. The van der Waals surface area contributed by atoms with Crippen molar-refractivity contribution >= 4 is 17.2 Å². The lowest BCUT2D eigenvalue weighted by Gasteiger charge is -2.06. The maximum atomic E-state index is 12.1. The van der Waals surface area contributed by atoms with Gasteiger partial charge < -0.3 is 14.6 Å². The fraction of sp³-hybridized carbons (Fsp3) is 0.143. The number of thiophene rings is 1. The van der Waals surface area contributed by atoms with Crippen molar-refractivity contribution in [2.75, 3.05) is 7.11 Å². The molecule has 0 saturated heterocycles. The zero-order chi connectivity index (χ0) is 15.4. The number of amides is 1. The maximum Gasteiger partial charge on any atom is 0.257 e. The van der Waals surface area contributed by atoms with Gasteiger partial charge in [-0.1, -0.05) is 11.2 Å². The van der Waals surface area contributed by atoms with E-state index < -0.39 is 0 Å². The molecule has 0 bridgehead atoms. The molecule has 3 heterocycles. The smallest absolute Gasteiger partial charge is 0.257 e. The monoisotopic (exact) mass is 316 g/mol. The van der Waals surface area contributed by atoms with Crippen LogP contribution in [0, 0.1) is 0 Å². The highest BCUT2D eigenvalue weighted by Crippen LogP contribution is 2.21. The minimum Gasteiger partial charge on any atom is -0.480 e. The van der Waals surface area contributed by atoms with E-state index in [1.807, 2.05) is 17.5 Å². The number of methoxy groups -OCH3 is 1. The van der Waals surface area contributed by atoms with Crippen LogP contribution in [0.4, 0.5) is 0 Å². The van der Waals surface area contributed by atoms with Crippen LogP contribution in [0.25, 0.3) is 10.7 Å². The molecule has 0 fully saturated rings. The molecule has 7 nitrogen and oxygen atoms in total. The summed E-state index contributed by atoms with van der Waals surface area (Å²) in [5.74, 6) is 0.795. The van der Waals surface area contributed by atoms with Gasteiger partial charge in [0.25, 0.3) is 5.91 Å². The number of ether oxygens (including phenoxy) is 1. The summed E-state index contributed by atoms with van der Waals surface area (Å²) in [6, 6.07) is 7.11. The molecule has 0 aliphatic rings. The van der Waals surface area contributed by atoms with E-state index in [1.54, 1.807) is 18.3 Å². The van der Waals surface area contributed by atoms with Crippen molar-refractivity contribution in [3.63, 3.8) is 0 Å². The summed E-state index contributed by atoms with van der Waals surface area (Å²) < 4.78 is 10.2. The van der Waals surface area contributed by atoms with Crippen LogP contribution >= 0.6 is 11.3 Å². The van der Waals surface area contributed by atoms with Gasteiger partial charge in [-0.2, -0.15) is 4.98 Å². The van der Waals surface area contributed by atoms with E-state index in [0.717, 1.165) is 4.88 Å². The first-order valence-corrected chi connectivity index (χ1v) is 7.29. The Morgan fingerprint density at radius 1 is 1.41 bits per heavy atom. The van der Waals surface area contributed by atoms with E-state index in [2.05, 4.69) is 20.4 Å². The first kappa shape index (κ1) is 14.2. The van der Waals surface area contributed by atoms with Gasteiger partial charge in [-0.05, 0) is 23.6 Å². The van der Waals surface area contributed by atoms with Crippen LogP contribution in [0.1, 0.15) is 16.2 Å². The fourth-order valence-corrected chi connectivity index (χ4v) is 2.46. The maximum absolute atomic E-state index is 12.1. The Labute approximate surface area is 130 Å². The Morgan fingerprint density at radius 2 is 2.32 bits per heavy atom. The van der Waals surface area contributed by atoms with E-state index in [1.165, 1.54) is 18.4 Å². The highest BCUT2D eigenvalue weighted by Gasteiger charge is 2.14. The first-order chi connectivity index (χ1) is 10.8. The molecular formula is C14H12N4O3S. The number of carbonyl (C=O) groups excluding carboxylic acids is 1. The van der Waals surface area contributed by atoms with Crippen LogP contribution < -0.4 is 10.1 Å². The van der Waals surface area contributed by atoms with E-state index in [-0.39, 0.29) is 18.3 Å². The Kier molecular flexibility index (Phi) is 4.10. The van der Waals surface area contributed by atoms with Crippen LogP contribution in [0.5, 0.6) is 5.88 Å². The number of hydrogen-bond acceptors (Lipinski definition) is 7. The van der Waals surface area contributed by atoms with E-state index >= 15 is 0 Å². The average Bonchev–Trinajstić information content (AvgIpc) is 3.23. The van der Waals surface area contributed by atoms with E-state index in [9.17, 15) is 4.79 Å². The molecule has 0 aliphatic heterocycles. The molecule has 0 spiro atoms. The first-order valence-electron chi connectivity index (χ1n) is 6.41. The van der Waals surface area contributed by atoms with Crippen molar-refractivity contribution in [3.05, 3.63) is 47.3 Å². The highest BCUT2D eigenvalue weighted by molar-refractivity contribution is 7.13. The molecular weight excluding hydrogens is 304 g/mol. The van der Waals surface area contributed by atoms with Crippen LogP contribution in [0.2, 0.25) is 0 Å². The minimum absolute atomic E-state index is 0.134. The zero-order valence-corrected chi connectivity index (χ0v) is 12.5. The van der Waals surface area contributed by atoms with Crippen molar-refractivity contribution in [1.82, 2.24) is 20.4 Å². The summed E-state index contributed by atoms with van der Waals surface area (Å²) in [6.45, 7) is 0.134. The number of hydrogen-bond donors (Lipinski definition) is 1. The third-order valence-corrected chi connectivity index (χ3v) is 3.68. The topological polar surface area (TPSA) is 90.1 Å². The minimum atomic E-state index is -0.319. The lowest BCUT2D eigenvalue weighted by molar-refractivity contribution is 0.0942. The summed E-state index contributed by atoms with van der Waals surface area (Å²) in [6.07, 6.45) is 1.56. The van der Waals surface area contributed by atoms with Crippen molar-refractivity contribution in [2.45, 2.75) is 6.54 Å². The molecule has 8 heteroatoms. The lowest BCUT2D eigenvalue weighted by Crippen LogP contribution is -2.23. The van der Waals surface area contributed by atoms with Crippen molar-refractivity contribution in [1.29, 1.82) is 0 Å². The largest absolute Gasteiger partial charge is 0.480 e. The second-order valence-electron chi connectivity index (χ2n) is 4.23. The average molecular weight is 316 g/mol. The molecule has 0 unspecified atom stereocenters. The number of rotatable bonds is 5. The molecule has 1 amide bonds. The number of nitrogens with one attached hydrogen (secondary N) is 1. The Bertz CT molecular complexity index is 770. The van der Waals surface area contributed by atoms with Gasteiger partial charge in [0.15, 0.2) is 0 Å². The number of pyridine rings is 1. The molecule has 0 aliphatic carbocycles. The van der Waals surface area contributed by atoms with Crippen molar-refractivity contribution < 1.29 is 14.1 Å². The SMILES string of the molecule is COc1ncccc1C(=O)NCc1nc(-c2cccs2)no1. The number of carbonyl (C=O) groups is 1. The highest BCUT2D eigenvalue weighted by atomic mass is 32.1. The number of nitrogens with zero attached hydrogens (tertiary/aromatic N) is 3. The zero-order valence-electron chi connectivity index (χ0n) is 11.6. The number of aromatic nitrogens is 3. The molecule has 3 aromatic rings. The summed E-state index contributed by atoms with van der Waals surface area (Å²) in [7, 11) is 1.46. The van der Waals surface area contributed by atoms with Crippen LogP contribution in [-0.2, 0) is 6.54 Å². The molecule has 112 valence electrons. The quantitative estimate of drug-likeness (QED) is 0.775. The summed E-state index contributed by atoms with van der Waals surface area (Å²) in [4.78, 5) is 21.2. The van der Waals surface area contributed by atoms with Gasteiger partial charge in [0, 0.05) is 6.20 Å². The van der Waals surface area contributed by atoms with Crippen LogP contribution in [0.15, 0.2) is 40.4 Å². The predicted molar refractivity (Wildman–Crippen MR) is 79.6 cm³/mol. The third kappa shape index (κ3) is 2.96. The van der Waals surface area contributed by atoms with Crippen molar-refractivity contribution in [3.8, 4) is 16.6 Å². The lowest BCUT2D eigenvalue weighted by atomic mass is 10.2. The standard InChI is InChI=1S/C14H12N4O3S/c1-20-14-9(4-2-6-15-14)13(19)16-8-11-17-12(18-21-11)10-5-3-7-22-10/h2-7H,8H2,1H3,(H,16,19). The molecule has 0 saturated carbocycles. The Hall–Kier alpha value is -2.74. The van der Waals surface area contributed by atoms with Gasteiger partial charge in [0.05, 0.1) is 18.5 Å². The molecule has 0 aromatic carbocycles.